The number of nitrogens with zero attached hydrogens (tertiary/aromatic N) is 1. The van der Waals surface area contributed by atoms with Crippen LogP contribution in [0.2, 0.25) is 0 Å². The molecule has 0 fully saturated rings. The van der Waals surface area contributed by atoms with E-state index in [9.17, 15) is 9.18 Å². The zero-order valence-electron chi connectivity index (χ0n) is 16.9. The second-order valence-corrected chi connectivity index (χ2v) is 7.61. The number of hydrogen-bond donors (Lipinski definition) is 0. The molecule has 1 aliphatic carbocycles. The summed E-state index contributed by atoms with van der Waals surface area (Å²) in [6, 6.07) is 17.8. The molecule has 0 aromatic heterocycles. The number of rotatable bonds is 5. The van der Waals surface area contributed by atoms with E-state index in [2.05, 4.69) is 25.1 Å². The second kappa shape index (κ2) is 8.51. The predicted molar refractivity (Wildman–Crippen MR) is 114 cm³/mol. The van der Waals surface area contributed by atoms with E-state index in [0.29, 0.717) is 5.56 Å². The van der Waals surface area contributed by atoms with Gasteiger partial charge in [-0.05, 0) is 77.8 Å². The summed E-state index contributed by atoms with van der Waals surface area (Å²) in [5, 5.41) is 8.81. The van der Waals surface area contributed by atoms with Gasteiger partial charge in [-0.15, -0.1) is 0 Å². The van der Waals surface area contributed by atoms with Crippen molar-refractivity contribution >= 4 is 5.97 Å². The van der Waals surface area contributed by atoms with Crippen molar-refractivity contribution in [2.75, 3.05) is 0 Å². The molecule has 0 heterocycles. The molecule has 0 bridgehead atoms. The van der Waals surface area contributed by atoms with Gasteiger partial charge < -0.3 is 4.74 Å². The lowest BCUT2D eigenvalue weighted by Crippen LogP contribution is -2.11. The lowest BCUT2D eigenvalue weighted by molar-refractivity contribution is 0.0734. The number of esters is 1. The van der Waals surface area contributed by atoms with Gasteiger partial charge in [0.05, 0.1) is 11.1 Å². The van der Waals surface area contributed by atoms with Gasteiger partial charge >= 0.3 is 5.97 Å². The minimum Gasteiger partial charge on any atom is -0.423 e. The SMILES string of the molecule is CCCCc1ccc2c(c1)CCc1cc(C(=O)Oc3ccc(C#N)c(F)c3)ccc1-2. The van der Waals surface area contributed by atoms with E-state index in [-0.39, 0.29) is 11.3 Å². The number of carbonyl (C=O) groups excluding carboxylic acids is 1. The molecule has 0 N–H and O–H groups in total. The molecule has 4 heteroatoms. The van der Waals surface area contributed by atoms with E-state index in [1.165, 1.54) is 41.7 Å². The number of unbranched alkanes of at least 4 members (excludes halogenated alkanes) is 1. The van der Waals surface area contributed by atoms with Crippen molar-refractivity contribution in [3.8, 4) is 22.9 Å². The third-order valence-corrected chi connectivity index (χ3v) is 5.56. The Bertz CT molecular complexity index is 1160. The Labute approximate surface area is 175 Å². The van der Waals surface area contributed by atoms with Crippen LogP contribution in [-0.2, 0) is 19.3 Å². The Balaban J connectivity index is 1.55. The Kier molecular flexibility index (Phi) is 5.63. The van der Waals surface area contributed by atoms with Crippen LogP contribution < -0.4 is 4.74 Å². The summed E-state index contributed by atoms with van der Waals surface area (Å²) in [4.78, 5) is 12.5. The van der Waals surface area contributed by atoms with Crippen molar-refractivity contribution in [1.29, 1.82) is 5.26 Å². The second-order valence-electron chi connectivity index (χ2n) is 7.61. The molecule has 0 atom stereocenters. The largest absolute Gasteiger partial charge is 0.423 e. The average Bonchev–Trinajstić information content (AvgIpc) is 2.77. The van der Waals surface area contributed by atoms with E-state index in [0.717, 1.165) is 36.5 Å². The van der Waals surface area contributed by atoms with E-state index in [1.54, 1.807) is 12.1 Å². The van der Waals surface area contributed by atoms with Gasteiger partial charge in [-0.3, -0.25) is 0 Å². The standard InChI is InChI=1S/C26H22FNO2/c1-2-3-4-17-5-11-23-18(13-17)6-7-19-14-20(9-12-24(19)23)26(29)30-22-10-8-21(16-28)25(27)15-22/h5,8-15H,2-4,6-7H2,1H3. The van der Waals surface area contributed by atoms with Crippen molar-refractivity contribution in [1.82, 2.24) is 0 Å². The normalized spacial score (nSPS) is 11.9. The van der Waals surface area contributed by atoms with E-state index >= 15 is 0 Å². The van der Waals surface area contributed by atoms with Crippen LogP contribution in [0.15, 0.2) is 54.6 Å². The topological polar surface area (TPSA) is 50.1 Å². The summed E-state index contributed by atoms with van der Waals surface area (Å²) >= 11 is 0. The fourth-order valence-electron chi connectivity index (χ4n) is 3.93. The van der Waals surface area contributed by atoms with E-state index in [4.69, 9.17) is 10.00 Å². The average molecular weight is 399 g/mol. The molecule has 150 valence electrons. The van der Waals surface area contributed by atoms with Crippen molar-refractivity contribution < 1.29 is 13.9 Å². The van der Waals surface area contributed by atoms with Gasteiger partial charge in [0.25, 0.3) is 0 Å². The molecule has 3 nitrogen and oxygen atoms in total. The van der Waals surface area contributed by atoms with Crippen LogP contribution in [-0.4, -0.2) is 5.97 Å². The first-order valence-electron chi connectivity index (χ1n) is 10.3. The number of carbonyl (C=O) groups is 1. The summed E-state index contributed by atoms with van der Waals surface area (Å²) in [5.74, 6) is -1.16. The lowest BCUT2D eigenvalue weighted by Gasteiger charge is -2.21. The maximum atomic E-state index is 13.8. The third-order valence-electron chi connectivity index (χ3n) is 5.56. The zero-order valence-corrected chi connectivity index (χ0v) is 16.9. The van der Waals surface area contributed by atoms with Gasteiger partial charge in [-0.1, -0.05) is 37.6 Å². The summed E-state index contributed by atoms with van der Waals surface area (Å²) in [7, 11) is 0. The minimum atomic E-state index is -0.705. The Morgan fingerprint density at radius 2 is 1.77 bits per heavy atom. The van der Waals surface area contributed by atoms with Crippen LogP contribution in [0.4, 0.5) is 4.39 Å². The van der Waals surface area contributed by atoms with Crippen molar-refractivity contribution in [3.63, 3.8) is 0 Å². The molecule has 4 rings (SSSR count). The van der Waals surface area contributed by atoms with Crippen LogP contribution >= 0.6 is 0 Å². The Hall–Kier alpha value is -3.45. The van der Waals surface area contributed by atoms with Gasteiger partial charge in [0.1, 0.15) is 17.6 Å². The quantitative estimate of drug-likeness (QED) is 0.389. The Morgan fingerprint density at radius 3 is 2.47 bits per heavy atom. The molecule has 0 amide bonds. The summed E-state index contributed by atoms with van der Waals surface area (Å²) in [6.45, 7) is 2.20. The van der Waals surface area contributed by atoms with Crippen molar-refractivity contribution in [3.05, 3.63) is 88.2 Å². The van der Waals surface area contributed by atoms with E-state index in [1.807, 2.05) is 12.1 Å². The molecule has 0 unspecified atom stereocenters. The van der Waals surface area contributed by atoms with Crippen LogP contribution in [0.3, 0.4) is 0 Å². The molecule has 3 aromatic rings. The van der Waals surface area contributed by atoms with Gasteiger partial charge in [-0.25, -0.2) is 9.18 Å². The molecule has 0 spiro atoms. The van der Waals surface area contributed by atoms with Crippen LogP contribution in [0.1, 0.15) is 52.4 Å². The van der Waals surface area contributed by atoms with Gasteiger partial charge in [-0.2, -0.15) is 5.26 Å². The third kappa shape index (κ3) is 3.97. The number of halogens is 1. The Morgan fingerprint density at radius 1 is 1.03 bits per heavy atom. The summed E-state index contributed by atoms with van der Waals surface area (Å²) in [6.07, 6.45) is 5.31. The molecule has 0 saturated carbocycles. The molecular weight excluding hydrogens is 377 g/mol. The fourth-order valence-corrected chi connectivity index (χ4v) is 3.93. The van der Waals surface area contributed by atoms with Gasteiger partial charge in [0.15, 0.2) is 0 Å². The highest BCUT2D eigenvalue weighted by molar-refractivity contribution is 5.92. The van der Waals surface area contributed by atoms with Crippen LogP contribution in [0, 0.1) is 17.1 Å². The monoisotopic (exact) mass is 399 g/mol. The van der Waals surface area contributed by atoms with Crippen molar-refractivity contribution in [2.45, 2.75) is 39.0 Å². The number of hydrogen-bond acceptors (Lipinski definition) is 3. The maximum absolute atomic E-state index is 13.8. The number of nitriles is 1. The number of ether oxygens (including phenoxy) is 1. The highest BCUT2D eigenvalue weighted by Crippen LogP contribution is 2.35. The van der Waals surface area contributed by atoms with Crippen molar-refractivity contribution in [2.24, 2.45) is 0 Å². The smallest absolute Gasteiger partial charge is 0.343 e. The summed E-state index contributed by atoms with van der Waals surface area (Å²) < 4.78 is 19.1. The first kappa shape index (κ1) is 19.8. The van der Waals surface area contributed by atoms with Gasteiger partial charge in [0, 0.05) is 6.07 Å². The predicted octanol–water partition coefficient (Wildman–Crippen LogP) is 6.02. The van der Waals surface area contributed by atoms with Gasteiger partial charge in [0.2, 0.25) is 0 Å². The molecule has 0 radical (unpaired) electrons. The first-order chi connectivity index (χ1) is 14.6. The number of aryl methyl sites for hydroxylation is 3. The van der Waals surface area contributed by atoms with E-state index < -0.39 is 11.8 Å². The molecule has 0 saturated heterocycles. The summed E-state index contributed by atoms with van der Waals surface area (Å²) in [5.41, 5.74) is 6.59. The molecule has 30 heavy (non-hydrogen) atoms. The minimum absolute atomic E-state index is 0.0826. The number of fused-ring (bicyclic) bond motifs is 3. The number of benzene rings is 3. The lowest BCUT2D eigenvalue weighted by atomic mass is 9.83. The fraction of sp³-hybridized carbons (Fsp3) is 0.231. The molecule has 3 aromatic carbocycles. The maximum Gasteiger partial charge on any atom is 0.343 e. The highest BCUT2D eigenvalue weighted by atomic mass is 19.1. The zero-order chi connectivity index (χ0) is 21.1. The highest BCUT2D eigenvalue weighted by Gasteiger charge is 2.19. The molecular formula is C26H22FNO2. The van der Waals surface area contributed by atoms with Crippen LogP contribution in [0.25, 0.3) is 11.1 Å². The first-order valence-corrected chi connectivity index (χ1v) is 10.3. The van der Waals surface area contributed by atoms with Crippen LogP contribution in [0.5, 0.6) is 5.75 Å². The molecule has 0 aliphatic heterocycles. The molecule has 1 aliphatic rings.